The summed E-state index contributed by atoms with van der Waals surface area (Å²) in [6.07, 6.45) is 1.42. The first-order valence-electron chi connectivity index (χ1n) is 7.28. The lowest BCUT2D eigenvalue weighted by Crippen LogP contribution is -2.01. The summed E-state index contributed by atoms with van der Waals surface area (Å²) in [5, 5.41) is 10.1. The highest BCUT2D eigenvalue weighted by molar-refractivity contribution is 5.30. The van der Waals surface area contributed by atoms with Gasteiger partial charge in [0.15, 0.2) is 0 Å². The monoisotopic (exact) mass is 294 g/mol. The minimum absolute atomic E-state index is 0.496. The lowest BCUT2D eigenvalue weighted by molar-refractivity contribution is 0.150. The molecule has 1 atom stereocenters. The van der Waals surface area contributed by atoms with Crippen molar-refractivity contribution in [2.75, 3.05) is 0 Å². The van der Waals surface area contributed by atoms with Crippen LogP contribution in [0.25, 0.3) is 0 Å². The van der Waals surface area contributed by atoms with Crippen LogP contribution in [0.5, 0.6) is 5.75 Å². The van der Waals surface area contributed by atoms with Gasteiger partial charge in [0.05, 0.1) is 6.26 Å². The molecule has 3 rings (SSSR count). The van der Waals surface area contributed by atoms with Crippen molar-refractivity contribution < 1.29 is 14.3 Å². The van der Waals surface area contributed by atoms with Crippen LogP contribution in [-0.2, 0) is 13.0 Å². The van der Waals surface area contributed by atoms with Crippen LogP contribution in [0.1, 0.15) is 23.0 Å². The highest BCUT2D eigenvalue weighted by Gasteiger charge is 2.11. The van der Waals surface area contributed by atoms with Gasteiger partial charge in [0, 0.05) is 6.42 Å². The van der Waals surface area contributed by atoms with Crippen LogP contribution in [-0.4, -0.2) is 5.11 Å². The smallest absolute Gasteiger partial charge is 0.132 e. The molecule has 3 aromatic rings. The molecule has 0 bridgehead atoms. The van der Waals surface area contributed by atoms with Crippen LogP contribution in [0.15, 0.2) is 77.4 Å². The molecule has 1 aromatic heterocycles. The van der Waals surface area contributed by atoms with Crippen molar-refractivity contribution in [3.63, 3.8) is 0 Å². The van der Waals surface area contributed by atoms with Gasteiger partial charge in [-0.25, -0.2) is 0 Å². The van der Waals surface area contributed by atoms with Crippen LogP contribution < -0.4 is 4.74 Å². The summed E-state index contributed by atoms with van der Waals surface area (Å²) in [7, 11) is 0. The number of rotatable bonds is 6. The largest absolute Gasteiger partial charge is 0.489 e. The lowest BCUT2D eigenvalue weighted by atomic mass is 10.1. The predicted molar refractivity (Wildman–Crippen MR) is 84.6 cm³/mol. The van der Waals surface area contributed by atoms with E-state index in [1.54, 1.807) is 18.4 Å². The third-order valence-corrected chi connectivity index (χ3v) is 3.45. The second-order valence-corrected chi connectivity index (χ2v) is 5.16. The molecule has 0 spiro atoms. The normalized spacial score (nSPS) is 12.0. The Morgan fingerprint density at radius 2 is 1.73 bits per heavy atom. The molecule has 0 fully saturated rings. The third-order valence-electron chi connectivity index (χ3n) is 3.45. The molecule has 2 aromatic carbocycles. The Balaban J connectivity index is 1.62. The highest BCUT2D eigenvalue weighted by Crippen LogP contribution is 2.22. The molecule has 1 N–H and O–H groups in total. The second kappa shape index (κ2) is 6.96. The van der Waals surface area contributed by atoms with E-state index in [4.69, 9.17) is 9.15 Å². The molecule has 1 heterocycles. The fraction of sp³-hybridized carbons (Fsp3) is 0.158. The average molecular weight is 294 g/mol. The fourth-order valence-corrected chi connectivity index (χ4v) is 2.31. The minimum atomic E-state index is -0.639. The van der Waals surface area contributed by atoms with E-state index >= 15 is 0 Å². The lowest BCUT2D eigenvalue weighted by Gasteiger charge is -2.10. The van der Waals surface area contributed by atoms with Crippen LogP contribution in [0.3, 0.4) is 0 Å². The van der Waals surface area contributed by atoms with E-state index < -0.39 is 6.10 Å². The zero-order valence-electron chi connectivity index (χ0n) is 12.2. The number of benzene rings is 2. The highest BCUT2D eigenvalue weighted by atomic mass is 16.5. The first-order chi connectivity index (χ1) is 10.8. The summed E-state index contributed by atoms with van der Waals surface area (Å²) in [6.45, 7) is 0.533. The predicted octanol–water partition coefficient (Wildman–Crippen LogP) is 4.13. The summed E-state index contributed by atoms with van der Waals surface area (Å²) in [6, 6.07) is 21.4. The molecule has 0 radical (unpaired) electrons. The van der Waals surface area contributed by atoms with Gasteiger partial charge in [-0.3, -0.25) is 0 Å². The van der Waals surface area contributed by atoms with Crippen molar-refractivity contribution in [1.82, 2.24) is 0 Å². The van der Waals surface area contributed by atoms with Crippen molar-refractivity contribution in [2.24, 2.45) is 0 Å². The number of hydrogen-bond acceptors (Lipinski definition) is 3. The molecule has 1 unspecified atom stereocenters. The van der Waals surface area contributed by atoms with Gasteiger partial charge in [-0.1, -0.05) is 42.5 Å². The Hall–Kier alpha value is -2.52. The second-order valence-electron chi connectivity index (χ2n) is 5.16. The van der Waals surface area contributed by atoms with Gasteiger partial charge in [-0.05, 0) is 35.4 Å². The zero-order valence-corrected chi connectivity index (χ0v) is 12.2. The van der Waals surface area contributed by atoms with Crippen molar-refractivity contribution >= 4 is 0 Å². The SMILES string of the molecule is OC(Cc1cccc(OCc2ccccc2)c1)c1ccco1. The third kappa shape index (κ3) is 3.77. The molecular formula is C19H18O3. The van der Waals surface area contributed by atoms with E-state index in [0.717, 1.165) is 16.9 Å². The quantitative estimate of drug-likeness (QED) is 0.743. The molecule has 3 heteroatoms. The molecule has 0 aliphatic heterocycles. The summed E-state index contributed by atoms with van der Waals surface area (Å²) in [5.41, 5.74) is 2.14. The Morgan fingerprint density at radius 1 is 0.909 bits per heavy atom. The van der Waals surface area contributed by atoms with E-state index in [9.17, 15) is 5.11 Å². The van der Waals surface area contributed by atoms with Crippen LogP contribution >= 0.6 is 0 Å². The van der Waals surface area contributed by atoms with Crippen LogP contribution in [0.4, 0.5) is 0 Å². The number of hydrogen-bond donors (Lipinski definition) is 1. The standard InChI is InChI=1S/C19H18O3/c20-18(19-10-5-11-21-19)13-16-8-4-9-17(12-16)22-14-15-6-2-1-3-7-15/h1-12,18,20H,13-14H2. The maximum Gasteiger partial charge on any atom is 0.132 e. The van der Waals surface area contributed by atoms with Gasteiger partial charge in [-0.2, -0.15) is 0 Å². The average Bonchev–Trinajstić information content (AvgIpc) is 3.09. The molecule has 0 amide bonds. The molecule has 22 heavy (non-hydrogen) atoms. The van der Waals surface area contributed by atoms with Gasteiger partial charge in [0.2, 0.25) is 0 Å². The Kier molecular flexibility index (Phi) is 4.56. The summed E-state index contributed by atoms with van der Waals surface area (Å²) in [4.78, 5) is 0. The van der Waals surface area contributed by atoms with Crippen LogP contribution in [0.2, 0.25) is 0 Å². The van der Waals surface area contributed by atoms with E-state index in [1.807, 2.05) is 54.6 Å². The zero-order chi connectivity index (χ0) is 15.2. The topological polar surface area (TPSA) is 42.6 Å². The first kappa shape index (κ1) is 14.4. The molecular weight excluding hydrogens is 276 g/mol. The summed E-state index contributed by atoms with van der Waals surface area (Å²) >= 11 is 0. The van der Waals surface area contributed by atoms with Gasteiger partial charge in [0.25, 0.3) is 0 Å². The first-order valence-corrected chi connectivity index (χ1v) is 7.28. The maximum atomic E-state index is 10.1. The number of aliphatic hydroxyl groups excluding tert-OH is 1. The van der Waals surface area contributed by atoms with E-state index in [-0.39, 0.29) is 0 Å². The Labute approximate surface area is 129 Å². The Morgan fingerprint density at radius 3 is 2.50 bits per heavy atom. The van der Waals surface area contributed by atoms with E-state index in [1.165, 1.54) is 0 Å². The van der Waals surface area contributed by atoms with Gasteiger partial charge >= 0.3 is 0 Å². The number of ether oxygens (including phenoxy) is 1. The van der Waals surface area contributed by atoms with Crippen molar-refractivity contribution in [3.8, 4) is 5.75 Å². The van der Waals surface area contributed by atoms with E-state index in [2.05, 4.69) is 0 Å². The number of furan rings is 1. The molecule has 0 saturated heterocycles. The van der Waals surface area contributed by atoms with Crippen LogP contribution in [0, 0.1) is 0 Å². The Bertz CT molecular complexity index is 690. The molecule has 0 aliphatic carbocycles. The van der Waals surface area contributed by atoms with E-state index in [0.29, 0.717) is 18.8 Å². The van der Waals surface area contributed by atoms with Gasteiger partial charge in [-0.15, -0.1) is 0 Å². The maximum absolute atomic E-state index is 10.1. The summed E-state index contributed by atoms with van der Waals surface area (Å²) < 4.78 is 11.0. The molecule has 0 saturated carbocycles. The molecule has 112 valence electrons. The number of aliphatic hydroxyl groups is 1. The van der Waals surface area contributed by atoms with Gasteiger partial charge in [0.1, 0.15) is 24.2 Å². The van der Waals surface area contributed by atoms with Crippen molar-refractivity contribution in [2.45, 2.75) is 19.1 Å². The van der Waals surface area contributed by atoms with Gasteiger partial charge < -0.3 is 14.3 Å². The molecule has 3 nitrogen and oxygen atoms in total. The minimum Gasteiger partial charge on any atom is -0.489 e. The van der Waals surface area contributed by atoms with Crippen molar-refractivity contribution in [3.05, 3.63) is 89.9 Å². The molecule has 0 aliphatic rings. The van der Waals surface area contributed by atoms with Crippen molar-refractivity contribution in [1.29, 1.82) is 0 Å². The summed E-state index contributed by atoms with van der Waals surface area (Å²) in [5.74, 6) is 1.38. The fourth-order valence-electron chi connectivity index (χ4n) is 2.31.